The third-order valence-corrected chi connectivity index (χ3v) is 3.11. The van der Waals surface area contributed by atoms with Crippen molar-refractivity contribution in [1.82, 2.24) is 4.98 Å². The summed E-state index contributed by atoms with van der Waals surface area (Å²) in [5.74, 6) is -0.728. The van der Waals surface area contributed by atoms with Gasteiger partial charge in [-0.25, -0.2) is 9.78 Å². The Kier molecular flexibility index (Phi) is 2.45. The van der Waals surface area contributed by atoms with E-state index in [0.717, 1.165) is 0 Å². The third-order valence-electron chi connectivity index (χ3n) is 2.49. The van der Waals surface area contributed by atoms with Gasteiger partial charge in [0, 0.05) is 0 Å². The minimum atomic E-state index is -1.05. The Hall–Kier alpha value is -2.08. The molecule has 0 aliphatic heterocycles. The fraction of sp³-hybridized carbons (Fsp3) is 0. The molecule has 18 heavy (non-hydrogen) atoms. The molecular weight excluding hydrogens is 302 g/mol. The van der Waals surface area contributed by atoms with Gasteiger partial charge in [-0.05, 0) is 34.1 Å². The molecule has 0 aliphatic rings. The quantitative estimate of drug-likeness (QED) is 0.783. The van der Waals surface area contributed by atoms with Crippen molar-refractivity contribution in [2.75, 3.05) is 0 Å². The van der Waals surface area contributed by atoms with Gasteiger partial charge in [0.25, 0.3) is 0 Å². The number of hydrogen-bond acceptors (Lipinski definition) is 4. The topological polar surface area (TPSA) is 76.5 Å². The first-order valence-corrected chi connectivity index (χ1v) is 5.82. The van der Waals surface area contributed by atoms with Crippen LogP contribution in [0.2, 0.25) is 0 Å². The van der Waals surface area contributed by atoms with Gasteiger partial charge in [-0.15, -0.1) is 0 Å². The van der Waals surface area contributed by atoms with Gasteiger partial charge in [0.05, 0.1) is 11.8 Å². The molecule has 5 nitrogen and oxygen atoms in total. The minimum absolute atomic E-state index is 0.0888. The number of carbonyl (C=O) groups is 1. The van der Waals surface area contributed by atoms with Crippen molar-refractivity contribution in [1.29, 1.82) is 0 Å². The first-order valence-electron chi connectivity index (χ1n) is 5.03. The van der Waals surface area contributed by atoms with Gasteiger partial charge in [0.1, 0.15) is 11.1 Å². The number of aromatic nitrogens is 1. The molecule has 0 bridgehead atoms. The number of carboxylic acids is 1. The molecule has 2 aromatic heterocycles. The summed E-state index contributed by atoms with van der Waals surface area (Å²) in [6.07, 6.45) is 1.49. The Labute approximate surface area is 109 Å². The van der Waals surface area contributed by atoms with Crippen LogP contribution in [-0.2, 0) is 0 Å². The number of halogens is 1. The standard InChI is InChI=1S/C12H6BrNO4/c13-10-7(4-5-17-10)11-14-8-3-1-2-6(12(15)16)9(8)18-11/h1-5H,(H,15,16). The van der Waals surface area contributed by atoms with E-state index in [0.29, 0.717) is 21.6 Å². The first-order chi connectivity index (χ1) is 8.66. The lowest BCUT2D eigenvalue weighted by atomic mass is 10.2. The van der Waals surface area contributed by atoms with E-state index in [1.165, 1.54) is 12.3 Å². The average molecular weight is 308 g/mol. The molecule has 0 fully saturated rings. The predicted octanol–water partition coefficient (Wildman–Crippen LogP) is 3.55. The first kappa shape index (κ1) is 11.0. The number of oxazole rings is 1. The highest BCUT2D eigenvalue weighted by atomic mass is 79.9. The monoisotopic (exact) mass is 307 g/mol. The van der Waals surface area contributed by atoms with Crippen LogP contribution in [0.4, 0.5) is 0 Å². The molecule has 0 saturated carbocycles. The molecule has 1 N–H and O–H groups in total. The second kappa shape index (κ2) is 3.99. The van der Waals surface area contributed by atoms with Crippen LogP contribution >= 0.6 is 15.9 Å². The number of carboxylic acid groups (broad SMARTS) is 1. The third kappa shape index (κ3) is 1.62. The van der Waals surface area contributed by atoms with E-state index in [4.69, 9.17) is 13.9 Å². The lowest BCUT2D eigenvalue weighted by Crippen LogP contribution is -1.95. The smallest absolute Gasteiger partial charge is 0.339 e. The molecule has 0 saturated heterocycles. The van der Waals surface area contributed by atoms with E-state index in [1.54, 1.807) is 18.2 Å². The van der Waals surface area contributed by atoms with E-state index in [1.807, 2.05) is 0 Å². The van der Waals surface area contributed by atoms with Crippen molar-refractivity contribution in [3.8, 4) is 11.5 Å². The fourth-order valence-corrected chi connectivity index (χ4v) is 2.09. The molecule has 0 unspecified atom stereocenters. The molecule has 3 rings (SSSR count). The summed E-state index contributed by atoms with van der Waals surface area (Å²) in [5, 5.41) is 9.06. The van der Waals surface area contributed by atoms with E-state index >= 15 is 0 Å². The molecule has 1 aromatic carbocycles. The Morgan fingerprint density at radius 3 is 2.83 bits per heavy atom. The number of hydrogen-bond donors (Lipinski definition) is 1. The molecule has 3 aromatic rings. The Morgan fingerprint density at radius 1 is 1.33 bits per heavy atom. The van der Waals surface area contributed by atoms with Crippen molar-refractivity contribution in [3.63, 3.8) is 0 Å². The molecular formula is C12H6BrNO4. The number of aromatic carboxylic acids is 1. The Balaban J connectivity index is 2.26. The van der Waals surface area contributed by atoms with Gasteiger partial charge in [-0.3, -0.25) is 0 Å². The van der Waals surface area contributed by atoms with E-state index < -0.39 is 5.97 Å². The van der Waals surface area contributed by atoms with E-state index in [9.17, 15) is 4.79 Å². The summed E-state index contributed by atoms with van der Waals surface area (Å²) in [5.41, 5.74) is 1.49. The Bertz CT molecular complexity index is 743. The second-order valence-electron chi connectivity index (χ2n) is 3.59. The van der Waals surface area contributed by atoms with Crippen LogP contribution in [0.15, 0.2) is 44.0 Å². The molecule has 2 heterocycles. The summed E-state index contributed by atoms with van der Waals surface area (Å²) >= 11 is 3.22. The maximum absolute atomic E-state index is 11.1. The van der Waals surface area contributed by atoms with Gasteiger partial charge in [0.15, 0.2) is 10.3 Å². The van der Waals surface area contributed by atoms with Crippen LogP contribution in [0.5, 0.6) is 0 Å². The van der Waals surface area contributed by atoms with Crippen LogP contribution in [-0.4, -0.2) is 16.1 Å². The van der Waals surface area contributed by atoms with Crippen molar-refractivity contribution < 1.29 is 18.7 Å². The van der Waals surface area contributed by atoms with Gasteiger partial charge in [-0.2, -0.15) is 0 Å². The highest BCUT2D eigenvalue weighted by Gasteiger charge is 2.17. The molecule has 0 spiro atoms. The summed E-state index contributed by atoms with van der Waals surface area (Å²) in [6, 6.07) is 6.49. The maximum atomic E-state index is 11.1. The van der Waals surface area contributed by atoms with Crippen LogP contribution in [0, 0.1) is 0 Å². The molecule has 6 heteroatoms. The zero-order valence-corrected chi connectivity index (χ0v) is 10.5. The minimum Gasteiger partial charge on any atom is -0.478 e. The van der Waals surface area contributed by atoms with Gasteiger partial charge in [0.2, 0.25) is 5.89 Å². The maximum Gasteiger partial charge on any atom is 0.339 e. The molecule has 90 valence electrons. The molecule has 0 aliphatic carbocycles. The zero-order chi connectivity index (χ0) is 12.7. The van der Waals surface area contributed by atoms with Crippen LogP contribution in [0.25, 0.3) is 22.6 Å². The van der Waals surface area contributed by atoms with Crippen LogP contribution < -0.4 is 0 Å². The van der Waals surface area contributed by atoms with Crippen LogP contribution in [0.3, 0.4) is 0 Å². The SMILES string of the molecule is O=C(O)c1cccc2nc(-c3ccoc3Br)oc12. The van der Waals surface area contributed by atoms with Gasteiger partial charge >= 0.3 is 5.97 Å². The number of fused-ring (bicyclic) bond motifs is 1. The summed E-state index contributed by atoms with van der Waals surface area (Å²) in [7, 11) is 0. The second-order valence-corrected chi connectivity index (χ2v) is 4.31. The lowest BCUT2D eigenvalue weighted by molar-refractivity contribution is 0.0698. The van der Waals surface area contributed by atoms with Gasteiger partial charge < -0.3 is 13.9 Å². The summed E-state index contributed by atoms with van der Waals surface area (Å²) < 4.78 is 11.1. The summed E-state index contributed by atoms with van der Waals surface area (Å²) in [6.45, 7) is 0. The van der Waals surface area contributed by atoms with Crippen molar-refractivity contribution >= 4 is 33.0 Å². The van der Waals surface area contributed by atoms with Crippen molar-refractivity contribution in [2.24, 2.45) is 0 Å². The predicted molar refractivity (Wildman–Crippen MR) is 66.4 cm³/mol. The number of rotatable bonds is 2. The van der Waals surface area contributed by atoms with E-state index in [2.05, 4.69) is 20.9 Å². The molecule has 0 radical (unpaired) electrons. The number of nitrogens with zero attached hydrogens (tertiary/aromatic N) is 1. The van der Waals surface area contributed by atoms with Crippen molar-refractivity contribution in [3.05, 3.63) is 40.8 Å². The molecule has 0 amide bonds. The number of para-hydroxylation sites is 1. The Morgan fingerprint density at radius 2 is 2.17 bits per heavy atom. The highest BCUT2D eigenvalue weighted by Crippen LogP contribution is 2.32. The largest absolute Gasteiger partial charge is 0.478 e. The number of benzene rings is 1. The van der Waals surface area contributed by atoms with Gasteiger partial charge in [-0.1, -0.05) is 6.07 Å². The number of furan rings is 1. The van der Waals surface area contributed by atoms with Crippen LogP contribution in [0.1, 0.15) is 10.4 Å². The zero-order valence-electron chi connectivity index (χ0n) is 8.88. The van der Waals surface area contributed by atoms with E-state index in [-0.39, 0.29) is 11.1 Å². The molecule has 0 atom stereocenters. The normalized spacial score (nSPS) is 10.9. The fourth-order valence-electron chi connectivity index (χ4n) is 1.68. The lowest BCUT2D eigenvalue weighted by Gasteiger charge is -1.93. The average Bonchev–Trinajstić information content (AvgIpc) is 2.92. The highest BCUT2D eigenvalue weighted by molar-refractivity contribution is 9.10. The van der Waals surface area contributed by atoms with Crippen molar-refractivity contribution in [2.45, 2.75) is 0 Å². The summed E-state index contributed by atoms with van der Waals surface area (Å²) in [4.78, 5) is 15.3.